The van der Waals surface area contributed by atoms with E-state index in [-0.39, 0.29) is 12.5 Å². The topological polar surface area (TPSA) is 68.0 Å². The van der Waals surface area contributed by atoms with Crippen LogP contribution in [0.5, 0.6) is 0 Å². The number of benzene rings is 2. The molecule has 23 heavy (non-hydrogen) atoms. The first-order chi connectivity index (χ1) is 11.1. The van der Waals surface area contributed by atoms with E-state index in [1.807, 2.05) is 25.1 Å². The van der Waals surface area contributed by atoms with Gasteiger partial charge in [-0.3, -0.25) is 4.79 Å². The van der Waals surface area contributed by atoms with E-state index in [9.17, 15) is 4.79 Å². The lowest BCUT2D eigenvalue weighted by Crippen LogP contribution is -2.22. The van der Waals surface area contributed by atoms with Crippen LogP contribution in [0.4, 0.5) is 0 Å². The second kappa shape index (κ2) is 6.62. The average molecular weight is 328 g/mol. The number of carbonyl (C=O) groups is 1. The first kappa shape index (κ1) is 15.2. The molecule has 0 atom stereocenters. The largest absolute Gasteiger partial charge is 0.343 e. The van der Waals surface area contributed by atoms with Crippen molar-refractivity contribution in [2.75, 3.05) is 0 Å². The van der Waals surface area contributed by atoms with Crippen LogP contribution in [0.3, 0.4) is 0 Å². The van der Waals surface area contributed by atoms with Crippen molar-refractivity contribution in [1.29, 1.82) is 0 Å². The Balaban J connectivity index is 1.68. The lowest BCUT2D eigenvalue weighted by molar-refractivity contribution is 0.0946. The highest BCUT2D eigenvalue weighted by Gasteiger charge is 2.11. The van der Waals surface area contributed by atoms with Gasteiger partial charge in [0.2, 0.25) is 11.7 Å². The number of nitrogens with zero attached hydrogens (tertiary/aromatic N) is 2. The normalized spacial score (nSPS) is 10.5. The maximum atomic E-state index is 12.0. The molecular weight excluding hydrogens is 314 g/mol. The summed E-state index contributed by atoms with van der Waals surface area (Å²) in [4.78, 5) is 16.2. The summed E-state index contributed by atoms with van der Waals surface area (Å²) in [5, 5.41) is 7.30. The Labute approximate surface area is 138 Å². The number of nitrogens with one attached hydrogen (secondary N) is 1. The molecule has 0 saturated heterocycles. The van der Waals surface area contributed by atoms with Gasteiger partial charge in [-0.2, -0.15) is 4.98 Å². The number of carbonyl (C=O) groups excluding carboxylic acids is 1. The van der Waals surface area contributed by atoms with Crippen molar-refractivity contribution in [3.63, 3.8) is 0 Å². The molecule has 0 unspecified atom stereocenters. The standard InChI is InChI=1S/C17H14ClN3O2/c1-11-7-8-13(9-14(11)18)16-20-15(23-21-16)10-19-17(22)12-5-3-2-4-6-12/h2-9H,10H2,1H3,(H,19,22). The summed E-state index contributed by atoms with van der Waals surface area (Å²) in [5.41, 5.74) is 2.33. The first-order valence-electron chi connectivity index (χ1n) is 7.06. The number of hydrogen-bond donors (Lipinski definition) is 1. The summed E-state index contributed by atoms with van der Waals surface area (Å²) in [6.07, 6.45) is 0. The lowest BCUT2D eigenvalue weighted by atomic mass is 10.1. The van der Waals surface area contributed by atoms with Gasteiger partial charge < -0.3 is 9.84 Å². The third kappa shape index (κ3) is 3.57. The minimum absolute atomic E-state index is 0.167. The minimum atomic E-state index is -0.191. The molecule has 1 aromatic heterocycles. The molecule has 6 heteroatoms. The second-order valence-corrected chi connectivity index (χ2v) is 5.43. The maximum Gasteiger partial charge on any atom is 0.251 e. The van der Waals surface area contributed by atoms with Crippen LogP contribution >= 0.6 is 11.6 Å². The zero-order chi connectivity index (χ0) is 16.2. The van der Waals surface area contributed by atoms with E-state index in [1.165, 1.54) is 0 Å². The molecule has 5 nitrogen and oxygen atoms in total. The summed E-state index contributed by atoms with van der Waals surface area (Å²) in [6.45, 7) is 2.09. The van der Waals surface area contributed by atoms with Gasteiger partial charge in [-0.15, -0.1) is 0 Å². The Kier molecular flexibility index (Phi) is 4.39. The summed E-state index contributed by atoms with van der Waals surface area (Å²) < 4.78 is 5.16. The number of aromatic nitrogens is 2. The van der Waals surface area contributed by atoms with Gasteiger partial charge in [0.1, 0.15) is 0 Å². The molecular formula is C17H14ClN3O2. The summed E-state index contributed by atoms with van der Waals surface area (Å²) in [6, 6.07) is 14.5. The van der Waals surface area contributed by atoms with E-state index in [0.29, 0.717) is 22.3 Å². The fraction of sp³-hybridized carbons (Fsp3) is 0.118. The van der Waals surface area contributed by atoms with Gasteiger partial charge in [0.05, 0.1) is 6.54 Å². The quantitative estimate of drug-likeness (QED) is 0.794. The fourth-order valence-corrected chi connectivity index (χ4v) is 2.20. The van der Waals surface area contributed by atoms with Gasteiger partial charge in [-0.1, -0.05) is 47.1 Å². The Hall–Kier alpha value is -2.66. The van der Waals surface area contributed by atoms with Crippen LogP contribution in [0.15, 0.2) is 53.1 Å². The highest BCUT2D eigenvalue weighted by Crippen LogP contribution is 2.23. The number of hydrogen-bond acceptors (Lipinski definition) is 4. The van der Waals surface area contributed by atoms with Gasteiger partial charge in [-0.05, 0) is 30.7 Å². The van der Waals surface area contributed by atoms with Crippen LogP contribution in [-0.4, -0.2) is 16.0 Å². The Morgan fingerprint density at radius 2 is 2.00 bits per heavy atom. The smallest absolute Gasteiger partial charge is 0.251 e. The Bertz CT molecular complexity index is 831. The van der Waals surface area contributed by atoms with E-state index in [0.717, 1.165) is 11.1 Å². The van der Waals surface area contributed by atoms with Gasteiger partial charge in [0, 0.05) is 16.1 Å². The lowest BCUT2D eigenvalue weighted by Gasteiger charge is -2.01. The molecule has 1 N–H and O–H groups in total. The molecule has 1 heterocycles. The molecule has 0 aliphatic carbocycles. The monoisotopic (exact) mass is 327 g/mol. The molecule has 0 aliphatic rings. The number of rotatable bonds is 4. The molecule has 0 bridgehead atoms. The number of amides is 1. The average Bonchev–Trinajstić information content (AvgIpc) is 3.05. The predicted octanol–water partition coefficient (Wildman–Crippen LogP) is 3.63. The van der Waals surface area contributed by atoms with E-state index in [1.54, 1.807) is 30.3 Å². The van der Waals surface area contributed by atoms with Crippen molar-refractivity contribution < 1.29 is 9.32 Å². The van der Waals surface area contributed by atoms with Gasteiger partial charge >= 0.3 is 0 Å². The summed E-state index contributed by atoms with van der Waals surface area (Å²) in [7, 11) is 0. The summed E-state index contributed by atoms with van der Waals surface area (Å²) in [5.74, 6) is 0.584. The van der Waals surface area contributed by atoms with Crippen molar-refractivity contribution in [1.82, 2.24) is 15.5 Å². The van der Waals surface area contributed by atoms with Crippen LogP contribution in [0.1, 0.15) is 21.8 Å². The number of aryl methyl sites for hydroxylation is 1. The molecule has 3 aromatic rings. The van der Waals surface area contributed by atoms with Crippen molar-refractivity contribution >= 4 is 17.5 Å². The Morgan fingerprint density at radius 3 is 2.74 bits per heavy atom. The van der Waals surface area contributed by atoms with E-state index < -0.39 is 0 Å². The van der Waals surface area contributed by atoms with E-state index in [4.69, 9.17) is 16.1 Å². The zero-order valence-corrected chi connectivity index (χ0v) is 13.2. The third-order valence-electron chi connectivity index (χ3n) is 3.33. The predicted molar refractivity (Wildman–Crippen MR) is 87.1 cm³/mol. The van der Waals surface area contributed by atoms with Crippen LogP contribution in [0.25, 0.3) is 11.4 Å². The van der Waals surface area contributed by atoms with Crippen molar-refractivity contribution in [3.05, 3.63) is 70.6 Å². The SMILES string of the molecule is Cc1ccc(-c2noc(CNC(=O)c3ccccc3)n2)cc1Cl. The van der Waals surface area contributed by atoms with Crippen molar-refractivity contribution in [2.45, 2.75) is 13.5 Å². The molecule has 0 spiro atoms. The van der Waals surface area contributed by atoms with Crippen LogP contribution < -0.4 is 5.32 Å². The molecule has 0 radical (unpaired) electrons. The fourth-order valence-electron chi connectivity index (χ4n) is 2.02. The highest BCUT2D eigenvalue weighted by molar-refractivity contribution is 6.31. The van der Waals surface area contributed by atoms with E-state index in [2.05, 4.69) is 15.5 Å². The maximum absolute atomic E-state index is 12.0. The Morgan fingerprint density at radius 1 is 1.22 bits per heavy atom. The molecule has 0 fully saturated rings. The number of halogens is 1. The van der Waals surface area contributed by atoms with Gasteiger partial charge in [0.25, 0.3) is 5.91 Å². The highest BCUT2D eigenvalue weighted by atomic mass is 35.5. The molecule has 116 valence electrons. The van der Waals surface area contributed by atoms with Crippen molar-refractivity contribution in [2.24, 2.45) is 0 Å². The van der Waals surface area contributed by atoms with Crippen LogP contribution in [0, 0.1) is 6.92 Å². The van der Waals surface area contributed by atoms with Crippen LogP contribution in [0.2, 0.25) is 5.02 Å². The zero-order valence-electron chi connectivity index (χ0n) is 12.4. The molecule has 1 amide bonds. The van der Waals surface area contributed by atoms with Gasteiger partial charge in [0.15, 0.2) is 0 Å². The summed E-state index contributed by atoms with van der Waals surface area (Å²) >= 11 is 6.10. The molecule has 0 aliphatic heterocycles. The molecule has 2 aromatic carbocycles. The van der Waals surface area contributed by atoms with Crippen LogP contribution in [-0.2, 0) is 6.54 Å². The third-order valence-corrected chi connectivity index (χ3v) is 3.74. The molecule has 0 saturated carbocycles. The first-order valence-corrected chi connectivity index (χ1v) is 7.43. The van der Waals surface area contributed by atoms with Gasteiger partial charge in [-0.25, -0.2) is 0 Å². The van der Waals surface area contributed by atoms with E-state index >= 15 is 0 Å². The molecule has 3 rings (SSSR count). The minimum Gasteiger partial charge on any atom is -0.343 e. The second-order valence-electron chi connectivity index (χ2n) is 5.02. The van der Waals surface area contributed by atoms with Crippen molar-refractivity contribution in [3.8, 4) is 11.4 Å².